The van der Waals surface area contributed by atoms with E-state index in [4.69, 9.17) is 32.8 Å². The van der Waals surface area contributed by atoms with Gasteiger partial charge in [-0.05, 0) is 12.1 Å². The molecule has 0 radical (unpaired) electrons. The average Bonchev–Trinajstić information content (AvgIpc) is 2.69. The van der Waals surface area contributed by atoms with E-state index in [0.717, 1.165) is 0 Å². The lowest BCUT2D eigenvalue weighted by Crippen LogP contribution is -2.26. The first-order chi connectivity index (χ1) is 8.16. The molecule has 2 rings (SSSR count). The zero-order valence-corrected chi connectivity index (χ0v) is 10.6. The summed E-state index contributed by atoms with van der Waals surface area (Å²) in [6.07, 6.45) is -0.418. The fraction of sp³-hybridized carbons (Fsp3) is 0.455. The summed E-state index contributed by atoms with van der Waals surface area (Å²) in [5.41, 5.74) is 0. The predicted octanol–water partition coefficient (Wildman–Crippen LogP) is 1.98. The third-order valence-electron chi connectivity index (χ3n) is 2.37. The summed E-state index contributed by atoms with van der Waals surface area (Å²) < 4.78 is 5.50. The van der Waals surface area contributed by atoms with Crippen molar-refractivity contribution in [2.75, 3.05) is 26.3 Å². The first-order valence-corrected chi connectivity index (χ1v) is 6.05. The molecule has 4 nitrogen and oxygen atoms in total. The number of aliphatic hydroxyl groups excluding tert-OH is 1. The lowest BCUT2D eigenvalue weighted by Gasteiger charge is -2.15. The summed E-state index contributed by atoms with van der Waals surface area (Å²) in [5, 5.41) is 11.9. The third-order valence-corrected chi connectivity index (χ3v) is 2.97. The van der Waals surface area contributed by atoms with Crippen molar-refractivity contribution < 1.29 is 14.7 Å². The van der Waals surface area contributed by atoms with Crippen molar-refractivity contribution in [1.82, 2.24) is 5.06 Å². The van der Waals surface area contributed by atoms with Gasteiger partial charge in [0, 0.05) is 0 Å². The highest BCUT2D eigenvalue weighted by atomic mass is 35.5. The lowest BCUT2D eigenvalue weighted by molar-refractivity contribution is -0.115. The standard InChI is InChI=1S/C11H13Cl2NO3/c12-9-2-1-3-10(13)11(9)16-5-4-14-6-8(15)7-17-14/h1-3,8,15H,4-7H2/t8-/m0/s1. The van der Waals surface area contributed by atoms with Gasteiger partial charge in [-0.25, -0.2) is 0 Å². The molecule has 0 amide bonds. The normalized spacial score (nSPS) is 20.8. The van der Waals surface area contributed by atoms with Crippen LogP contribution in [-0.2, 0) is 4.84 Å². The van der Waals surface area contributed by atoms with Crippen molar-refractivity contribution in [3.8, 4) is 5.75 Å². The Morgan fingerprint density at radius 2 is 2.12 bits per heavy atom. The molecule has 0 spiro atoms. The molecule has 1 atom stereocenters. The molecule has 0 unspecified atom stereocenters. The number of hydroxylamine groups is 2. The fourth-order valence-electron chi connectivity index (χ4n) is 1.56. The highest BCUT2D eigenvalue weighted by Crippen LogP contribution is 2.32. The fourth-order valence-corrected chi connectivity index (χ4v) is 2.06. The lowest BCUT2D eigenvalue weighted by atomic mass is 10.3. The minimum Gasteiger partial charge on any atom is -0.489 e. The van der Waals surface area contributed by atoms with E-state index >= 15 is 0 Å². The molecule has 1 aromatic rings. The van der Waals surface area contributed by atoms with Crippen LogP contribution in [0.5, 0.6) is 5.75 Å². The van der Waals surface area contributed by atoms with Gasteiger partial charge in [-0.2, -0.15) is 5.06 Å². The Balaban J connectivity index is 1.82. The van der Waals surface area contributed by atoms with E-state index in [1.807, 2.05) is 0 Å². The zero-order valence-electron chi connectivity index (χ0n) is 9.10. The van der Waals surface area contributed by atoms with Crippen molar-refractivity contribution in [2.45, 2.75) is 6.10 Å². The highest BCUT2D eigenvalue weighted by molar-refractivity contribution is 6.37. The van der Waals surface area contributed by atoms with Crippen molar-refractivity contribution >= 4 is 23.2 Å². The zero-order chi connectivity index (χ0) is 12.3. The second kappa shape index (κ2) is 5.89. The highest BCUT2D eigenvalue weighted by Gasteiger charge is 2.21. The van der Waals surface area contributed by atoms with Gasteiger partial charge in [-0.3, -0.25) is 4.84 Å². The molecular formula is C11H13Cl2NO3. The smallest absolute Gasteiger partial charge is 0.156 e. The molecule has 94 valence electrons. The quantitative estimate of drug-likeness (QED) is 0.914. The van der Waals surface area contributed by atoms with Gasteiger partial charge in [-0.15, -0.1) is 0 Å². The predicted molar refractivity (Wildman–Crippen MR) is 65.5 cm³/mol. The van der Waals surface area contributed by atoms with Gasteiger partial charge in [-0.1, -0.05) is 29.3 Å². The van der Waals surface area contributed by atoms with E-state index in [2.05, 4.69) is 0 Å². The first kappa shape index (κ1) is 12.9. The molecule has 1 N–H and O–H groups in total. The van der Waals surface area contributed by atoms with Gasteiger partial charge in [0.2, 0.25) is 0 Å². The van der Waals surface area contributed by atoms with Gasteiger partial charge in [0.15, 0.2) is 5.75 Å². The number of aliphatic hydroxyl groups is 1. The van der Waals surface area contributed by atoms with E-state index in [1.54, 1.807) is 23.3 Å². The monoisotopic (exact) mass is 277 g/mol. The van der Waals surface area contributed by atoms with Crippen LogP contribution < -0.4 is 4.74 Å². The van der Waals surface area contributed by atoms with Gasteiger partial charge < -0.3 is 9.84 Å². The molecule has 0 saturated carbocycles. The molecular weight excluding hydrogens is 265 g/mol. The number of para-hydroxylation sites is 1. The third kappa shape index (κ3) is 3.47. The van der Waals surface area contributed by atoms with Gasteiger partial charge >= 0.3 is 0 Å². The maximum Gasteiger partial charge on any atom is 0.156 e. The topological polar surface area (TPSA) is 41.9 Å². The molecule has 17 heavy (non-hydrogen) atoms. The van der Waals surface area contributed by atoms with E-state index in [1.165, 1.54) is 0 Å². The molecule has 6 heteroatoms. The van der Waals surface area contributed by atoms with Crippen LogP contribution >= 0.6 is 23.2 Å². The number of rotatable bonds is 4. The Kier molecular flexibility index (Phi) is 4.48. The number of hydrogen-bond donors (Lipinski definition) is 1. The van der Waals surface area contributed by atoms with Crippen molar-refractivity contribution in [1.29, 1.82) is 0 Å². The second-order valence-corrected chi connectivity index (χ2v) is 4.55. The molecule has 1 aliphatic heterocycles. The van der Waals surface area contributed by atoms with Crippen LogP contribution in [0, 0.1) is 0 Å². The number of β-amino-alcohol motifs (C(OH)–C–C–N with tert-alkyl or cyclic N) is 1. The summed E-state index contributed by atoms with van der Waals surface area (Å²) in [5.74, 6) is 0.482. The van der Waals surface area contributed by atoms with E-state index < -0.39 is 6.10 Å². The molecule has 0 bridgehead atoms. The van der Waals surface area contributed by atoms with Crippen LogP contribution in [0.2, 0.25) is 10.0 Å². The van der Waals surface area contributed by atoms with Gasteiger partial charge in [0.25, 0.3) is 0 Å². The van der Waals surface area contributed by atoms with Crippen LogP contribution in [-0.4, -0.2) is 42.6 Å². The van der Waals surface area contributed by atoms with Crippen molar-refractivity contribution in [3.63, 3.8) is 0 Å². The average molecular weight is 278 g/mol. The summed E-state index contributed by atoms with van der Waals surface area (Å²) in [6, 6.07) is 5.20. The Labute approximate surface area is 110 Å². The molecule has 1 heterocycles. The largest absolute Gasteiger partial charge is 0.489 e. The molecule has 0 aromatic heterocycles. The van der Waals surface area contributed by atoms with Crippen LogP contribution in [0.25, 0.3) is 0 Å². The molecule has 1 fully saturated rings. The van der Waals surface area contributed by atoms with Crippen LogP contribution in [0.3, 0.4) is 0 Å². The molecule has 1 aliphatic rings. The summed E-state index contributed by atoms with van der Waals surface area (Å²) >= 11 is 11.9. The number of benzene rings is 1. The first-order valence-electron chi connectivity index (χ1n) is 5.29. The van der Waals surface area contributed by atoms with Gasteiger partial charge in [0.1, 0.15) is 6.61 Å². The second-order valence-electron chi connectivity index (χ2n) is 3.74. The molecule has 0 aliphatic carbocycles. The minimum absolute atomic E-state index is 0.340. The van der Waals surface area contributed by atoms with E-state index in [0.29, 0.717) is 42.1 Å². The van der Waals surface area contributed by atoms with E-state index in [-0.39, 0.29) is 0 Å². The molecule has 1 saturated heterocycles. The maximum absolute atomic E-state index is 9.25. The SMILES string of the molecule is O[C@@H]1CON(CCOc2c(Cl)cccc2Cl)C1. The Hall–Kier alpha value is -0.520. The van der Waals surface area contributed by atoms with Crippen molar-refractivity contribution in [2.24, 2.45) is 0 Å². The summed E-state index contributed by atoms with van der Waals surface area (Å²) in [4.78, 5) is 5.20. The van der Waals surface area contributed by atoms with E-state index in [9.17, 15) is 5.11 Å². The number of hydrogen-bond acceptors (Lipinski definition) is 4. The van der Waals surface area contributed by atoms with Crippen LogP contribution in [0.15, 0.2) is 18.2 Å². The number of nitrogens with zero attached hydrogens (tertiary/aromatic N) is 1. The van der Waals surface area contributed by atoms with Crippen molar-refractivity contribution in [3.05, 3.63) is 28.2 Å². The van der Waals surface area contributed by atoms with Crippen LogP contribution in [0.4, 0.5) is 0 Å². The molecule has 1 aromatic carbocycles. The Morgan fingerprint density at radius 3 is 2.71 bits per heavy atom. The Morgan fingerprint density at radius 1 is 1.41 bits per heavy atom. The van der Waals surface area contributed by atoms with Gasteiger partial charge in [0.05, 0.1) is 35.8 Å². The minimum atomic E-state index is -0.418. The number of halogens is 2. The van der Waals surface area contributed by atoms with Crippen LogP contribution in [0.1, 0.15) is 0 Å². The Bertz CT molecular complexity index is 369. The number of ether oxygens (including phenoxy) is 1. The maximum atomic E-state index is 9.25. The summed E-state index contributed by atoms with van der Waals surface area (Å²) in [7, 11) is 0. The summed E-state index contributed by atoms with van der Waals surface area (Å²) in [6.45, 7) is 1.79.